The van der Waals surface area contributed by atoms with E-state index in [0.717, 1.165) is 0 Å². The van der Waals surface area contributed by atoms with Gasteiger partial charge in [-0.2, -0.15) is 10.1 Å². The summed E-state index contributed by atoms with van der Waals surface area (Å²) < 4.78 is 34.5. The zero-order chi connectivity index (χ0) is 28.2. The lowest BCUT2D eigenvalue weighted by Crippen LogP contribution is -2.24. The Hall–Kier alpha value is -3.12. The van der Waals surface area contributed by atoms with Gasteiger partial charge in [0.25, 0.3) is 12.1 Å². The molecule has 4 aromatic rings. The van der Waals surface area contributed by atoms with Crippen LogP contribution in [0, 0.1) is 0 Å². The van der Waals surface area contributed by atoms with Gasteiger partial charge in [-0.3, -0.25) is 18.9 Å². The number of H-pyrrole nitrogens is 1. The van der Waals surface area contributed by atoms with Crippen LogP contribution in [0.25, 0.3) is 16.8 Å². The zero-order valence-electron chi connectivity index (χ0n) is 20.8. The maximum atomic E-state index is 13.7. The van der Waals surface area contributed by atoms with Crippen molar-refractivity contribution in [2.24, 2.45) is 0 Å². The van der Waals surface area contributed by atoms with Crippen molar-refractivity contribution in [3.63, 3.8) is 0 Å². The number of aromatic nitrogens is 8. The second-order valence-electron chi connectivity index (χ2n) is 9.63. The van der Waals surface area contributed by atoms with Crippen LogP contribution in [0.5, 0.6) is 0 Å². The Morgan fingerprint density at radius 1 is 1.23 bits per heavy atom. The number of nitrogens with one attached hydrogen (secondary N) is 1. The number of anilines is 2. The summed E-state index contributed by atoms with van der Waals surface area (Å²) in [7, 11) is 0. The molecule has 0 aliphatic carbocycles. The summed E-state index contributed by atoms with van der Waals surface area (Å²) in [6.07, 6.45) is 1.39. The van der Waals surface area contributed by atoms with Gasteiger partial charge in [-0.25, -0.2) is 19.5 Å². The third kappa shape index (κ3) is 4.74. The maximum absolute atomic E-state index is 13.7. The van der Waals surface area contributed by atoms with Gasteiger partial charge in [-0.15, -0.1) is 0 Å². The topological polar surface area (TPSA) is 244 Å². The van der Waals surface area contributed by atoms with Gasteiger partial charge in [-0.1, -0.05) is 12.2 Å². The highest BCUT2D eigenvalue weighted by Crippen LogP contribution is 2.63. The van der Waals surface area contributed by atoms with E-state index in [4.69, 9.17) is 25.5 Å². The van der Waals surface area contributed by atoms with Crippen LogP contribution >= 0.6 is 18.8 Å². The van der Waals surface area contributed by atoms with Crippen molar-refractivity contribution in [1.82, 2.24) is 39.1 Å². The molecule has 0 radical (unpaired) electrons. The van der Waals surface area contributed by atoms with Crippen molar-refractivity contribution in [2.45, 2.75) is 55.6 Å². The number of aromatic amines is 1. The Bertz CT molecular complexity index is 1660. The third-order valence-corrected chi connectivity index (χ3v) is 10.2. The number of aliphatic hydroxyl groups is 2. The van der Waals surface area contributed by atoms with Crippen molar-refractivity contribution in [3.05, 3.63) is 34.9 Å². The molecule has 2 fully saturated rings. The second kappa shape index (κ2) is 10.4. The number of nitrogens with zero attached hydrogens (tertiary/aromatic N) is 7. The number of nitrogen functional groups attached to an aromatic ring is 2. The van der Waals surface area contributed by atoms with Crippen LogP contribution in [0.15, 0.2) is 23.6 Å². The first-order chi connectivity index (χ1) is 19.2. The van der Waals surface area contributed by atoms with E-state index in [9.17, 15) is 19.6 Å². The van der Waals surface area contributed by atoms with Gasteiger partial charge < -0.3 is 35.7 Å². The number of hydrogen-bond acceptors (Lipinski definition) is 14. The molecular formula is C21H27N10O7PS. The zero-order valence-corrected chi connectivity index (χ0v) is 22.6. The molecule has 4 aromatic heterocycles. The molecule has 0 bridgehead atoms. The molecule has 17 nitrogen and oxygen atoms in total. The normalized spacial score (nSPS) is 28.5. The Morgan fingerprint density at radius 2 is 2.05 bits per heavy atom. The maximum Gasteiger partial charge on any atom is 0.280 e. The number of nitrogens with two attached hydrogens (primary N) is 2. The minimum Gasteiger partial charge on any atom is -0.394 e. The predicted octanol–water partition coefficient (Wildman–Crippen LogP) is -0.209. The van der Waals surface area contributed by atoms with E-state index >= 15 is 0 Å². The Kier molecular flexibility index (Phi) is 7.02. The van der Waals surface area contributed by atoms with Crippen LogP contribution in [0.4, 0.5) is 11.8 Å². The van der Waals surface area contributed by atoms with Gasteiger partial charge in [0, 0.05) is 6.42 Å². The monoisotopic (exact) mass is 594 g/mol. The van der Waals surface area contributed by atoms with Crippen LogP contribution < -0.4 is 17.0 Å². The molecule has 214 valence electrons. The Morgan fingerprint density at radius 3 is 2.85 bits per heavy atom. The number of fused-ring (bicyclic) bond motifs is 2. The average Bonchev–Trinajstić information content (AvgIpc) is 3.69. The molecule has 40 heavy (non-hydrogen) atoms. The molecule has 7 N–H and O–H groups in total. The number of aliphatic hydroxyl groups excluding tert-OH is 2. The van der Waals surface area contributed by atoms with Crippen molar-refractivity contribution in [3.8, 4) is 0 Å². The lowest BCUT2D eigenvalue weighted by atomic mass is 10.1. The number of ether oxygens (including phenoxy) is 2. The molecule has 6 rings (SSSR count). The van der Waals surface area contributed by atoms with E-state index < -0.39 is 48.4 Å². The second-order valence-corrected chi connectivity index (χ2v) is 13.3. The van der Waals surface area contributed by atoms with Crippen molar-refractivity contribution < 1.29 is 28.8 Å². The molecule has 2 aliphatic rings. The first-order valence-corrected chi connectivity index (χ1v) is 15.2. The van der Waals surface area contributed by atoms with Crippen LogP contribution in [-0.4, -0.2) is 86.5 Å². The van der Waals surface area contributed by atoms with Crippen molar-refractivity contribution in [2.75, 3.05) is 24.7 Å². The summed E-state index contributed by atoms with van der Waals surface area (Å²) in [5.41, 5.74) is 11.4. The molecule has 0 spiro atoms. The molecule has 6 heterocycles. The molecule has 2 aliphatic heterocycles. The van der Waals surface area contributed by atoms with Gasteiger partial charge in [0.05, 0.1) is 55.4 Å². The van der Waals surface area contributed by atoms with Crippen LogP contribution in [-0.2, 0) is 18.6 Å². The van der Waals surface area contributed by atoms with Gasteiger partial charge in [0.15, 0.2) is 22.6 Å². The fourth-order valence-corrected chi connectivity index (χ4v) is 7.63. The number of imidazole rings is 2. The number of hydrogen-bond donors (Lipinski definition) is 6. The highest BCUT2D eigenvalue weighted by Gasteiger charge is 2.47. The number of rotatable bonds is 8. The third-order valence-electron chi connectivity index (χ3n) is 7.10. The van der Waals surface area contributed by atoms with E-state index in [-0.39, 0.29) is 49.0 Å². The van der Waals surface area contributed by atoms with Crippen molar-refractivity contribution >= 4 is 47.4 Å². The SMILES string of the molecule is Nc1nc2c(ncn2[C@@H]2O[C@H](CO)C[C@H]2[P@](=O)(S)OCC[C@H]2O[C@@H](c3cnc4c(N)ncnn34)C[C@@H]2O)c(=O)[nH]1. The molecule has 0 unspecified atom stereocenters. The summed E-state index contributed by atoms with van der Waals surface area (Å²) in [5.74, 6) is 0.104. The molecule has 2 saturated heterocycles. The van der Waals surface area contributed by atoms with Gasteiger partial charge in [0.1, 0.15) is 18.7 Å². The average molecular weight is 595 g/mol. The van der Waals surface area contributed by atoms with E-state index in [1.165, 1.54) is 21.7 Å². The molecule has 19 heteroatoms. The summed E-state index contributed by atoms with van der Waals surface area (Å²) >= 11 is 4.39. The van der Waals surface area contributed by atoms with Crippen LogP contribution in [0.2, 0.25) is 0 Å². The highest BCUT2D eigenvalue weighted by molar-refractivity contribution is 8.46. The lowest BCUT2D eigenvalue weighted by molar-refractivity contribution is -0.0208. The molecular weight excluding hydrogens is 567 g/mol. The summed E-state index contributed by atoms with van der Waals surface area (Å²) in [6, 6.07) is 0. The fraction of sp³-hybridized carbons (Fsp3) is 0.524. The predicted molar refractivity (Wildman–Crippen MR) is 143 cm³/mol. The minimum atomic E-state index is -3.69. The van der Waals surface area contributed by atoms with E-state index in [2.05, 4.69) is 42.3 Å². The quantitative estimate of drug-likeness (QED) is 0.114. The van der Waals surface area contributed by atoms with Gasteiger partial charge >= 0.3 is 0 Å². The Labute approximate surface area is 230 Å². The Balaban J connectivity index is 1.15. The summed E-state index contributed by atoms with van der Waals surface area (Å²) in [4.78, 5) is 31.0. The minimum absolute atomic E-state index is 0.0287. The first-order valence-electron chi connectivity index (χ1n) is 12.4. The molecule has 7 atom stereocenters. The molecule has 0 saturated carbocycles. The molecule has 0 aromatic carbocycles. The smallest absolute Gasteiger partial charge is 0.280 e. The largest absolute Gasteiger partial charge is 0.394 e. The van der Waals surface area contributed by atoms with E-state index in [1.807, 2.05) is 0 Å². The van der Waals surface area contributed by atoms with Crippen LogP contribution in [0.1, 0.15) is 37.3 Å². The van der Waals surface area contributed by atoms with Crippen LogP contribution in [0.3, 0.4) is 0 Å². The van der Waals surface area contributed by atoms with E-state index in [1.54, 1.807) is 6.20 Å². The highest BCUT2D eigenvalue weighted by atomic mass is 32.7. The van der Waals surface area contributed by atoms with E-state index in [0.29, 0.717) is 17.8 Å². The number of thiol groups is 1. The van der Waals surface area contributed by atoms with Gasteiger partial charge in [0.2, 0.25) is 5.95 Å². The first kappa shape index (κ1) is 27.1. The van der Waals surface area contributed by atoms with Gasteiger partial charge in [-0.05, 0) is 12.8 Å². The summed E-state index contributed by atoms with van der Waals surface area (Å²) in [5, 5.41) is 24.6. The van der Waals surface area contributed by atoms with Crippen molar-refractivity contribution in [1.29, 1.82) is 0 Å². The standard InChI is InChI=1S/C21H27N10O7PS/c22-16-18-24-5-10(31(18)27-7-25-16)13-4-11(33)12(38-13)1-2-36-39(35,40)14-3-9(6-32)37-20(14)30-8-26-15-17(30)28-21(23)29-19(15)34/h5,7-9,11-14,20,32-33H,1-4,6H2,(H,35,40)(H2,22,25,27)(H3,23,28,29,34)/t9-,11-,12+,13+,14+,20+,39+/m0/s1. The summed E-state index contributed by atoms with van der Waals surface area (Å²) in [6.45, 7) is -4.05. The molecule has 0 amide bonds. The fourth-order valence-electron chi connectivity index (χ4n) is 5.17. The lowest BCUT2D eigenvalue weighted by Gasteiger charge is -2.25.